The lowest BCUT2D eigenvalue weighted by molar-refractivity contribution is -0.870. The van der Waals surface area contributed by atoms with Crippen molar-refractivity contribution in [3.05, 3.63) is 60.8 Å². The van der Waals surface area contributed by atoms with Gasteiger partial charge in [0.25, 0.3) is 0 Å². The summed E-state index contributed by atoms with van der Waals surface area (Å²) in [5.74, 6) is -0.175. The van der Waals surface area contributed by atoms with Crippen LogP contribution in [-0.4, -0.2) is 73.4 Å². The molecule has 0 aliphatic heterocycles. The van der Waals surface area contributed by atoms with E-state index < -0.39 is 20.0 Å². The van der Waals surface area contributed by atoms with Crippen molar-refractivity contribution >= 4 is 13.7 Å². The average molecular weight is 1140 g/mol. The summed E-state index contributed by atoms with van der Waals surface area (Å²) in [6, 6.07) is -0.851. The number of nitrogens with zero attached hydrogens (tertiary/aromatic N) is 1. The van der Waals surface area contributed by atoms with Crippen molar-refractivity contribution < 1.29 is 32.9 Å². The summed E-state index contributed by atoms with van der Waals surface area (Å²) in [7, 11) is 1.58. The zero-order chi connectivity index (χ0) is 58.4. The van der Waals surface area contributed by atoms with Gasteiger partial charge in [0.05, 0.1) is 39.9 Å². The van der Waals surface area contributed by atoms with E-state index in [4.69, 9.17) is 9.05 Å². The Balaban J connectivity index is 4.07. The van der Waals surface area contributed by atoms with Crippen LogP contribution in [0.25, 0.3) is 0 Å². The number of unbranched alkanes of at least 4 members (excludes halogenated alkanes) is 43. The fourth-order valence-electron chi connectivity index (χ4n) is 10.4. The second kappa shape index (κ2) is 61.8. The number of likely N-dealkylation sites (N-methyl/N-ethyl adjacent to an activating group) is 1. The zero-order valence-electron chi connectivity index (χ0n) is 53.8. The van der Waals surface area contributed by atoms with Gasteiger partial charge in [-0.05, 0) is 57.8 Å². The number of phosphoric ester groups is 1. The average Bonchev–Trinajstić information content (AvgIpc) is 3.42. The van der Waals surface area contributed by atoms with E-state index in [2.05, 4.69) is 67.8 Å². The topological polar surface area (TPSA) is 105 Å². The molecule has 9 heteroatoms. The van der Waals surface area contributed by atoms with E-state index in [9.17, 15) is 19.4 Å². The first-order valence-electron chi connectivity index (χ1n) is 34.7. The van der Waals surface area contributed by atoms with Crippen molar-refractivity contribution in [2.45, 2.75) is 347 Å². The lowest BCUT2D eigenvalue weighted by Crippen LogP contribution is -2.45. The van der Waals surface area contributed by atoms with Crippen LogP contribution in [0, 0.1) is 0 Å². The molecular weight excluding hydrogens is 1010 g/mol. The second-order valence-corrected chi connectivity index (χ2v) is 26.3. The maximum atomic E-state index is 13.0. The Hall–Kier alpha value is -1.80. The monoisotopic (exact) mass is 1140 g/mol. The first-order valence-corrected chi connectivity index (χ1v) is 36.2. The van der Waals surface area contributed by atoms with Gasteiger partial charge in [0.2, 0.25) is 5.91 Å². The van der Waals surface area contributed by atoms with Gasteiger partial charge in [-0.15, -0.1) is 0 Å². The first-order chi connectivity index (χ1) is 39.0. The van der Waals surface area contributed by atoms with Gasteiger partial charge in [0.1, 0.15) is 13.2 Å². The Morgan fingerprint density at radius 1 is 0.438 bits per heavy atom. The summed E-state index contributed by atoms with van der Waals surface area (Å²) in [4.78, 5) is 23.4. The van der Waals surface area contributed by atoms with Crippen molar-refractivity contribution in [1.82, 2.24) is 5.32 Å². The molecule has 0 aliphatic carbocycles. The van der Waals surface area contributed by atoms with Crippen LogP contribution in [0.2, 0.25) is 0 Å². The summed E-state index contributed by atoms with van der Waals surface area (Å²) in [5.41, 5.74) is 0. The number of phosphoric acid groups is 1. The summed E-state index contributed by atoms with van der Waals surface area (Å²) < 4.78 is 23.8. The predicted molar refractivity (Wildman–Crippen MR) is 350 cm³/mol. The summed E-state index contributed by atoms with van der Waals surface area (Å²) in [6.45, 7) is 4.75. The van der Waals surface area contributed by atoms with Crippen LogP contribution in [0.1, 0.15) is 335 Å². The largest absolute Gasteiger partial charge is 0.472 e. The van der Waals surface area contributed by atoms with Gasteiger partial charge in [-0.1, -0.05) is 331 Å². The maximum Gasteiger partial charge on any atom is 0.472 e. The lowest BCUT2D eigenvalue weighted by atomic mass is 10.0. The van der Waals surface area contributed by atoms with E-state index in [1.165, 1.54) is 250 Å². The van der Waals surface area contributed by atoms with Gasteiger partial charge in [-0.2, -0.15) is 0 Å². The molecule has 1 amide bonds. The summed E-state index contributed by atoms with van der Waals surface area (Å²) in [6.07, 6.45) is 85.1. The SMILES string of the molecule is CC/C=C\C/C=C\C/C=C\C/C=C\CCCCCCCCCCCCCCCCC(=O)NC(COP(=O)(O)OCC[N+](C)(C)C)C(O)/C=C/CCCCCCCCCCCCCCCCCCCCCCCCCCCCCCC. The number of nitrogens with one attached hydrogen (secondary N) is 1. The number of rotatable bonds is 64. The van der Waals surface area contributed by atoms with Gasteiger partial charge < -0.3 is 19.8 Å². The Morgan fingerprint density at radius 3 is 1.10 bits per heavy atom. The molecule has 0 saturated heterocycles. The van der Waals surface area contributed by atoms with E-state index in [-0.39, 0.29) is 19.1 Å². The quantitative estimate of drug-likeness (QED) is 0.0243. The lowest BCUT2D eigenvalue weighted by Gasteiger charge is -2.25. The predicted octanol–water partition coefficient (Wildman–Crippen LogP) is 22.0. The summed E-state index contributed by atoms with van der Waals surface area (Å²) in [5, 5.41) is 14.0. The molecule has 0 aromatic heterocycles. The third-order valence-electron chi connectivity index (χ3n) is 15.7. The van der Waals surface area contributed by atoms with Gasteiger partial charge in [-0.25, -0.2) is 4.57 Å². The van der Waals surface area contributed by atoms with Crippen molar-refractivity contribution in [2.24, 2.45) is 0 Å². The highest BCUT2D eigenvalue weighted by atomic mass is 31.2. The third-order valence-corrected chi connectivity index (χ3v) is 16.7. The Labute approximate surface area is 498 Å². The van der Waals surface area contributed by atoms with E-state index >= 15 is 0 Å². The molecule has 80 heavy (non-hydrogen) atoms. The van der Waals surface area contributed by atoms with Crippen LogP contribution >= 0.6 is 7.82 Å². The molecule has 0 fully saturated rings. The van der Waals surface area contributed by atoms with Gasteiger partial charge in [0, 0.05) is 6.42 Å². The Morgan fingerprint density at radius 2 is 0.750 bits per heavy atom. The minimum Gasteiger partial charge on any atom is -0.387 e. The molecule has 3 unspecified atom stereocenters. The van der Waals surface area contributed by atoms with Crippen LogP contribution in [0.3, 0.4) is 0 Å². The van der Waals surface area contributed by atoms with Gasteiger partial charge in [0.15, 0.2) is 0 Å². The van der Waals surface area contributed by atoms with Crippen LogP contribution < -0.4 is 5.32 Å². The number of carbonyl (C=O) groups excluding carboxylic acids is 1. The first kappa shape index (κ1) is 78.2. The van der Waals surface area contributed by atoms with Crippen molar-refractivity contribution in [1.29, 1.82) is 0 Å². The normalized spacial score (nSPS) is 14.0. The molecule has 0 heterocycles. The van der Waals surface area contributed by atoms with Gasteiger partial charge >= 0.3 is 7.82 Å². The summed E-state index contributed by atoms with van der Waals surface area (Å²) >= 11 is 0. The molecule has 3 N–H and O–H groups in total. The number of carbonyl (C=O) groups is 1. The molecule has 0 radical (unpaired) electrons. The second-order valence-electron chi connectivity index (χ2n) is 24.9. The molecule has 8 nitrogen and oxygen atoms in total. The highest BCUT2D eigenvalue weighted by Crippen LogP contribution is 2.43. The van der Waals surface area contributed by atoms with Crippen LogP contribution in [0.15, 0.2) is 60.8 Å². The standard InChI is InChI=1S/C71H135N2O6P/c1-6-8-10-12-14-16-18-20-22-24-26-28-30-32-34-35-36-37-39-40-42-44-46-48-50-52-54-56-58-60-62-64-70(74)69(68-79-80(76,77)78-67-66-73(3,4)5)72-71(75)65-63-61-59-57-55-53-51-49-47-45-43-41-38-33-31-29-27-25-23-21-19-17-15-13-11-9-7-2/h9,11,15,17,21,23,27,29,62,64,69-70,74H,6-8,10,12-14,16,18-20,22,24-26,28,30-61,63,65-68H2,1-5H3,(H-,72,75,76,77)/p+1/b11-9-,17-15-,23-21-,29-27-,64-62+. The van der Waals surface area contributed by atoms with Crippen LogP contribution in [-0.2, 0) is 18.4 Å². The zero-order valence-corrected chi connectivity index (χ0v) is 54.7. The fraction of sp³-hybridized carbons (Fsp3) is 0.845. The molecule has 3 atom stereocenters. The van der Waals surface area contributed by atoms with E-state index in [0.717, 1.165) is 64.2 Å². The Kier molecular flexibility index (Phi) is 60.4. The van der Waals surface area contributed by atoms with Crippen LogP contribution in [0.4, 0.5) is 0 Å². The molecule has 0 aromatic carbocycles. The highest BCUT2D eigenvalue weighted by Gasteiger charge is 2.28. The maximum absolute atomic E-state index is 13.0. The van der Waals surface area contributed by atoms with E-state index in [0.29, 0.717) is 17.4 Å². The number of aliphatic hydroxyl groups is 1. The minimum atomic E-state index is -4.36. The molecule has 0 bridgehead atoms. The fourth-order valence-corrected chi connectivity index (χ4v) is 11.1. The number of amides is 1. The number of hydrogen-bond acceptors (Lipinski definition) is 5. The smallest absolute Gasteiger partial charge is 0.387 e. The number of aliphatic hydroxyl groups excluding tert-OH is 1. The minimum absolute atomic E-state index is 0.0609. The van der Waals surface area contributed by atoms with E-state index in [1.54, 1.807) is 6.08 Å². The molecule has 0 spiro atoms. The molecular formula is C71H136N2O6P+. The third kappa shape index (κ3) is 63.8. The van der Waals surface area contributed by atoms with Crippen molar-refractivity contribution in [3.63, 3.8) is 0 Å². The molecule has 470 valence electrons. The number of hydrogen-bond donors (Lipinski definition) is 3. The van der Waals surface area contributed by atoms with Crippen LogP contribution in [0.5, 0.6) is 0 Å². The molecule has 0 rings (SSSR count). The van der Waals surface area contributed by atoms with Gasteiger partial charge in [-0.3, -0.25) is 13.8 Å². The number of allylic oxidation sites excluding steroid dienone is 9. The molecule has 0 aliphatic rings. The van der Waals surface area contributed by atoms with Crippen molar-refractivity contribution in [3.8, 4) is 0 Å². The Bertz CT molecular complexity index is 1490. The molecule has 0 aromatic rings. The van der Waals surface area contributed by atoms with Crippen molar-refractivity contribution in [2.75, 3.05) is 40.9 Å². The molecule has 0 saturated carbocycles. The highest BCUT2D eigenvalue weighted by molar-refractivity contribution is 7.47. The van der Waals surface area contributed by atoms with E-state index in [1.807, 2.05) is 27.2 Å². The number of quaternary nitrogens is 1.